The first-order valence-corrected chi connectivity index (χ1v) is 10.1. The Morgan fingerprint density at radius 3 is 2.16 bits per heavy atom. The van der Waals surface area contributed by atoms with Crippen molar-refractivity contribution in [3.63, 3.8) is 0 Å². The second-order valence-electron chi connectivity index (χ2n) is 7.95. The van der Waals surface area contributed by atoms with E-state index in [1.54, 1.807) is 12.1 Å². The van der Waals surface area contributed by atoms with Gasteiger partial charge < -0.3 is 5.11 Å². The van der Waals surface area contributed by atoms with Crippen LogP contribution >= 0.6 is 0 Å². The fourth-order valence-electron chi connectivity index (χ4n) is 3.88. The summed E-state index contributed by atoms with van der Waals surface area (Å²) in [6, 6.07) is 13.8. The Bertz CT molecular complexity index is 1280. The van der Waals surface area contributed by atoms with Gasteiger partial charge in [0.2, 0.25) is 0 Å². The number of carbonyl (C=O) groups excluding carboxylic acids is 2. The lowest BCUT2D eigenvalue weighted by molar-refractivity contribution is -0.132. The Labute approximate surface area is 184 Å². The molecule has 0 saturated carbocycles. The molecule has 1 amide bonds. The molecule has 1 fully saturated rings. The van der Waals surface area contributed by atoms with E-state index in [1.165, 1.54) is 54.3 Å². The predicted molar refractivity (Wildman–Crippen MR) is 118 cm³/mol. The summed E-state index contributed by atoms with van der Waals surface area (Å²) >= 11 is 0. The number of halogens is 2. The van der Waals surface area contributed by atoms with Crippen molar-refractivity contribution in [1.29, 1.82) is 0 Å². The molecule has 1 unspecified atom stereocenters. The molecular formula is C26H21F2NO3. The van der Waals surface area contributed by atoms with Crippen LogP contribution in [0.1, 0.15) is 33.9 Å². The molecule has 0 radical (unpaired) electrons. The zero-order chi connectivity index (χ0) is 23.2. The molecule has 1 heterocycles. The molecule has 4 nitrogen and oxygen atoms in total. The standard InChI is InChI=1S/C26H21F2NO3/c1-14-4-10-20(13-15(14)2)29-23(17-5-8-19(27)9-6-17)22(25(31)26(29)32)24(30)18-7-11-21(28)16(3)12-18/h4-13,23,30H,1-3H3/b24-22+. The van der Waals surface area contributed by atoms with Crippen LogP contribution in [0.15, 0.2) is 66.2 Å². The Morgan fingerprint density at radius 1 is 0.844 bits per heavy atom. The van der Waals surface area contributed by atoms with Crippen molar-refractivity contribution in [3.05, 3.63) is 106 Å². The Morgan fingerprint density at radius 2 is 1.53 bits per heavy atom. The second kappa shape index (κ2) is 8.04. The smallest absolute Gasteiger partial charge is 0.300 e. The van der Waals surface area contributed by atoms with Crippen molar-refractivity contribution in [3.8, 4) is 0 Å². The van der Waals surface area contributed by atoms with Crippen molar-refractivity contribution in [1.82, 2.24) is 0 Å². The lowest BCUT2D eigenvalue weighted by Crippen LogP contribution is -2.29. The Hall–Kier alpha value is -3.80. The summed E-state index contributed by atoms with van der Waals surface area (Å²) in [5.74, 6) is -3.00. The molecule has 1 N–H and O–H groups in total. The number of amides is 1. The van der Waals surface area contributed by atoms with Gasteiger partial charge in [-0.1, -0.05) is 18.2 Å². The summed E-state index contributed by atoms with van der Waals surface area (Å²) in [5.41, 5.74) is 3.26. The molecular weight excluding hydrogens is 412 g/mol. The topological polar surface area (TPSA) is 57.6 Å². The van der Waals surface area contributed by atoms with Crippen molar-refractivity contribution < 1.29 is 23.5 Å². The first kappa shape index (κ1) is 21.4. The van der Waals surface area contributed by atoms with Crippen molar-refractivity contribution >= 4 is 23.1 Å². The fourth-order valence-corrected chi connectivity index (χ4v) is 3.88. The first-order valence-electron chi connectivity index (χ1n) is 10.1. The third kappa shape index (κ3) is 3.58. The van der Waals surface area contributed by atoms with Gasteiger partial charge in [-0.05, 0) is 85.5 Å². The zero-order valence-corrected chi connectivity index (χ0v) is 17.8. The highest BCUT2D eigenvalue weighted by atomic mass is 19.1. The van der Waals surface area contributed by atoms with Crippen LogP contribution in [0.3, 0.4) is 0 Å². The van der Waals surface area contributed by atoms with Gasteiger partial charge in [-0.25, -0.2) is 8.78 Å². The third-order valence-electron chi connectivity index (χ3n) is 5.83. The molecule has 0 aliphatic carbocycles. The van der Waals surface area contributed by atoms with Gasteiger partial charge in [-0.15, -0.1) is 0 Å². The van der Waals surface area contributed by atoms with Crippen LogP contribution < -0.4 is 4.90 Å². The van der Waals surface area contributed by atoms with Gasteiger partial charge >= 0.3 is 0 Å². The summed E-state index contributed by atoms with van der Waals surface area (Å²) in [6.07, 6.45) is 0. The second-order valence-corrected chi connectivity index (χ2v) is 7.95. The number of rotatable bonds is 3. The van der Waals surface area contributed by atoms with Gasteiger partial charge in [0.1, 0.15) is 17.4 Å². The number of nitrogens with zero attached hydrogens (tertiary/aromatic N) is 1. The quantitative estimate of drug-likeness (QED) is 0.336. The average molecular weight is 433 g/mol. The average Bonchev–Trinajstić information content (AvgIpc) is 3.03. The SMILES string of the molecule is Cc1ccc(N2C(=O)C(=O)/C(=C(/O)c3ccc(F)c(C)c3)C2c2ccc(F)cc2)cc1C. The zero-order valence-electron chi connectivity index (χ0n) is 17.8. The number of Topliss-reactive ketones (excluding diaryl/α,β-unsaturated/α-hetero) is 1. The van der Waals surface area contributed by atoms with E-state index in [9.17, 15) is 23.5 Å². The highest BCUT2D eigenvalue weighted by Crippen LogP contribution is 2.42. The molecule has 1 saturated heterocycles. The molecule has 32 heavy (non-hydrogen) atoms. The van der Waals surface area contributed by atoms with E-state index in [0.29, 0.717) is 11.3 Å². The third-order valence-corrected chi connectivity index (χ3v) is 5.83. The first-order chi connectivity index (χ1) is 15.2. The molecule has 162 valence electrons. The van der Waals surface area contributed by atoms with Crippen LogP contribution in [0.5, 0.6) is 0 Å². The number of aliphatic hydroxyl groups is 1. The normalized spacial score (nSPS) is 17.8. The van der Waals surface area contributed by atoms with Crippen LogP contribution in [0.2, 0.25) is 0 Å². The van der Waals surface area contributed by atoms with Crippen LogP contribution in [0.25, 0.3) is 5.76 Å². The van der Waals surface area contributed by atoms with E-state index in [1.807, 2.05) is 19.9 Å². The number of hydrogen-bond acceptors (Lipinski definition) is 3. The van der Waals surface area contributed by atoms with E-state index in [-0.39, 0.29) is 16.7 Å². The molecule has 1 aliphatic rings. The Balaban J connectivity index is 1.96. The summed E-state index contributed by atoms with van der Waals surface area (Å²) in [5, 5.41) is 11.1. The minimum atomic E-state index is -0.969. The summed E-state index contributed by atoms with van der Waals surface area (Å²) in [4.78, 5) is 27.5. The van der Waals surface area contributed by atoms with Crippen molar-refractivity contribution in [2.45, 2.75) is 26.8 Å². The predicted octanol–water partition coefficient (Wildman–Crippen LogP) is 5.52. The van der Waals surface area contributed by atoms with Gasteiger partial charge in [0.15, 0.2) is 0 Å². The lowest BCUT2D eigenvalue weighted by atomic mass is 9.94. The number of hydrogen-bond donors (Lipinski definition) is 1. The van der Waals surface area contributed by atoms with E-state index in [0.717, 1.165) is 11.1 Å². The molecule has 4 rings (SSSR count). The highest BCUT2D eigenvalue weighted by Gasteiger charge is 2.47. The van der Waals surface area contributed by atoms with Gasteiger partial charge in [-0.3, -0.25) is 14.5 Å². The van der Waals surface area contributed by atoms with E-state index in [4.69, 9.17) is 0 Å². The molecule has 0 spiro atoms. The number of aryl methyl sites for hydroxylation is 3. The number of anilines is 1. The number of carbonyl (C=O) groups is 2. The van der Waals surface area contributed by atoms with Gasteiger partial charge in [0.25, 0.3) is 11.7 Å². The number of aliphatic hydroxyl groups excluding tert-OH is 1. The molecule has 1 atom stereocenters. The van der Waals surface area contributed by atoms with Crippen molar-refractivity contribution in [2.75, 3.05) is 4.90 Å². The fraction of sp³-hybridized carbons (Fsp3) is 0.154. The molecule has 6 heteroatoms. The summed E-state index contributed by atoms with van der Waals surface area (Å²) in [6.45, 7) is 5.36. The van der Waals surface area contributed by atoms with E-state index in [2.05, 4.69) is 0 Å². The minimum absolute atomic E-state index is 0.133. The minimum Gasteiger partial charge on any atom is -0.507 e. The summed E-state index contributed by atoms with van der Waals surface area (Å²) in [7, 11) is 0. The molecule has 1 aliphatic heterocycles. The maximum absolute atomic E-state index is 13.7. The van der Waals surface area contributed by atoms with Gasteiger partial charge in [-0.2, -0.15) is 0 Å². The summed E-state index contributed by atoms with van der Waals surface area (Å²) < 4.78 is 27.4. The van der Waals surface area contributed by atoms with Gasteiger partial charge in [0.05, 0.1) is 11.6 Å². The van der Waals surface area contributed by atoms with Crippen LogP contribution in [-0.4, -0.2) is 16.8 Å². The number of ketones is 1. The highest BCUT2D eigenvalue weighted by molar-refractivity contribution is 6.51. The Kier molecular flexibility index (Phi) is 5.38. The largest absolute Gasteiger partial charge is 0.507 e. The molecule has 0 bridgehead atoms. The molecule has 3 aromatic rings. The van der Waals surface area contributed by atoms with Crippen molar-refractivity contribution in [2.24, 2.45) is 0 Å². The monoisotopic (exact) mass is 433 g/mol. The van der Waals surface area contributed by atoms with E-state index >= 15 is 0 Å². The maximum atomic E-state index is 13.7. The lowest BCUT2D eigenvalue weighted by Gasteiger charge is -2.26. The molecule has 3 aromatic carbocycles. The molecule has 0 aromatic heterocycles. The number of benzene rings is 3. The van der Waals surface area contributed by atoms with Gasteiger partial charge in [0, 0.05) is 11.3 Å². The van der Waals surface area contributed by atoms with Crippen LogP contribution in [-0.2, 0) is 9.59 Å². The van der Waals surface area contributed by atoms with Crippen LogP contribution in [0.4, 0.5) is 14.5 Å². The maximum Gasteiger partial charge on any atom is 0.300 e. The van der Waals surface area contributed by atoms with Crippen LogP contribution in [0, 0.1) is 32.4 Å². The van der Waals surface area contributed by atoms with E-state index < -0.39 is 35.1 Å².